The van der Waals surface area contributed by atoms with Gasteiger partial charge >= 0.3 is 11.9 Å². The standard InChI is InChI=1S/C31H34O18/c1-11(32)43-9-19-22(37)25(40)27(42)30(47-19)49-29-26(41)23(38)20(10-44-12(2)33)48-31(29)46-18-8-16(36)21-15(35)7-17(45-28(21)24(18)39)13-3-5-14(34)6-4-13/h3-8,19-20,22-23,25-27,29-31,34,36-42H,9-10H2,1-2H3/t19-,20-,22-,23-,25-,26+,27-,29-,30+,31-/m1/s1. The molecule has 18 heteroatoms. The van der Waals surface area contributed by atoms with Crippen molar-refractivity contribution in [3.63, 3.8) is 0 Å². The zero-order valence-electron chi connectivity index (χ0n) is 25.8. The van der Waals surface area contributed by atoms with Crippen molar-refractivity contribution in [1.29, 1.82) is 0 Å². The molecule has 0 aliphatic carbocycles. The summed E-state index contributed by atoms with van der Waals surface area (Å²) in [6.45, 7) is 0.991. The van der Waals surface area contributed by atoms with Crippen molar-refractivity contribution in [2.75, 3.05) is 13.2 Å². The molecule has 2 saturated heterocycles. The lowest BCUT2D eigenvalue weighted by Crippen LogP contribution is -2.65. The first-order valence-corrected chi connectivity index (χ1v) is 14.8. The number of aliphatic hydroxyl groups is 5. The number of carbonyl (C=O) groups excluding carboxylic acids is 2. The smallest absolute Gasteiger partial charge is 0.302 e. The Kier molecular flexibility index (Phi) is 10.6. The highest BCUT2D eigenvalue weighted by molar-refractivity contribution is 5.91. The van der Waals surface area contributed by atoms with Crippen LogP contribution in [0.2, 0.25) is 0 Å². The third-order valence-corrected chi connectivity index (χ3v) is 7.82. The van der Waals surface area contributed by atoms with Gasteiger partial charge in [-0.2, -0.15) is 0 Å². The number of aliphatic hydroxyl groups excluding tert-OH is 5. The number of esters is 2. The van der Waals surface area contributed by atoms with E-state index in [1.54, 1.807) is 0 Å². The number of phenolic OH excluding ortho intramolecular Hbond substituents is 3. The molecular weight excluding hydrogens is 660 g/mol. The molecule has 8 N–H and O–H groups in total. The van der Waals surface area contributed by atoms with E-state index in [0.29, 0.717) is 5.56 Å². The highest BCUT2D eigenvalue weighted by atomic mass is 16.8. The average Bonchev–Trinajstić information content (AvgIpc) is 3.05. The predicted octanol–water partition coefficient (Wildman–Crippen LogP) is -1.28. The van der Waals surface area contributed by atoms with E-state index < -0.39 is 120 Å². The molecule has 266 valence electrons. The Balaban J connectivity index is 1.51. The summed E-state index contributed by atoms with van der Waals surface area (Å²) in [5.74, 6) is -3.78. The summed E-state index contributed by atoms with van der Waals surface area (Å²) in [5, 5.41) is 84.5. The first kappa shape index (κ1) is 35.8. The van der Waals surface area contributed by atoms with Gasteiger partial charge in [0.25, 0.3) is 0 Å². The van der Waals surface area contributed by atoms with E-state index in [0.717, 1.165) is 26.0 Å². The van der Waals surface area contributed by atoms with Crippen molar-refractivity contribution in [3.8, 4) is 34.3 Å². The summed E-state index contributed by atoms with van der Waals surface area (Å²) in [5.41, 5.74) is -0.972. The quantitative estimate of drug-likeness (QED) is 0.0956. The molecule has 49 heavy (non-hydrogen) atoms. The van der Waals surface area contributed by atoms with Crippen molar-refractivity contribution in [2.24, 2.45) is 0 Å². The van der Waals surface area contributed by atoms with Crippen LogP contribution in [0.1, 0.15) is 13.8 Å². The van der Waals surface area contributed by atoms with Crippen LogP contribution in [-0.4, -0.2) is 127 Å². The van der Waals surface area contributed by atoms with E-state index in [1.165, 1.54) is 24.3 Å². The minimum Gasteiger partial charge on any atom is -0.508 e. The summed E-state index contributed by atoms with van der Waals surface area (Å²) >= 11 is 0. The number of hydrogen-bond acceptors (Lipinski definition) is 18. The van der Waals surface area contributed by atoms with Crippen LogP contribution in [0.4, 0.5) is 0 Å². The summed E-state index contributed by atoms with van der Waals surface area (Å²) < 4.78 is 38.2. The Morgan fingerprint density at radius 3 is 1.92 bits per heavy atom. The van der Waals surface area contributed by atoms with Crippen molar-refractivity contribution >= 4 is 22.9 Å². The number of fused-ring (bicyclic) bond motifs is 1. The molecule has 0 spiro atoms. The molecule has 0 saturated carbocycles. The van der Waals surface area contributed by atoms with Crippen LogP contribution in [-0.2, 0) is 33.3 Å². The van der Waals surface area contributed by atoms with Crippen LogP contribution in [0.5, 0.6) is 23.0 Å². The summed E-state index contributed by atoms with van der Waals surface area (Å²) in [6.07, 6.45) is -18.0. The van der Waals surface area contributed by atoms with Gasteiger partial charge < -0.3 is 73.7 Å². The largest absolute Gasteiger partial charge is 0.508 e. The van der Waals surface area contributed by atoms with Gasteiger partial charge in [0.2, 0.25) is 12.0 Å². The fourth-order valence-electron chi connectivity index (χ4n) is 5.27. The fourth-order valence-corrected chi connectivity index (χ4v) is 5.27. The maximum absolute atomic E-state index is 13.0. The first-order chi connectivity index (χ1) is 23.2. The zero-order chi connectivity index (χ0) is 35.7. The Morgan fingerprint density at radius 1 is 0.755 bits per heavy atom. The van der Waals surface area contributed by atoms with Crippen LogP contribution in [0.25, 0.3) is 22.3 Å². The van der Waals surface area contributed by atoms with E-state index in [4.69, 9.17) is 32.8 Å². The number of hydrogen-bond donors (Lipinski definition) is 8. The molecule has 2 aliphatic heterocycles. The Bertz CT molecular complexity index is 1720. The second kappa shape index (κ2) is 14.5. The van der Waals surface area contributed by atoms with Crippen LogP contribution in [0.3, 0.4) is 0 Å². The molecule has 5 rings (SSSR count). The Hall–Kier alpha value is -4.53. The van der Waals surface area contributed by atoms with Gasteiger partial charge in [0.05, 0.1) is 0 Å². The molecule has 0 radical (unpaired) electrons. The molecule has 10 atom stereocenters. The highest BCUT2D eigenvalue weighted by Crippen LogP contribution is 2.42. The van der Waals surface area contributed by atoms with E-state index >= 15 is 0 Å². The van der Waals surface area contributed by atoms with E-state index in [9.17, 15) is 55.2 Å². The molecule has 0 bridgehead atoms. The van der Waals surface area contributed by atoms with Gasteiger partial charge in [-0.3, -0.25) is 14.4 Å². The number of rotatable bonds is 9. The number of aromatic hydroxyl groups is 3. The van der Waals surface area contributed by atoms with Gasteiger partial charge in [-0.05, 0) is 24.3 Å². The summed E-state index contributed by atoms with van der Waals surface area (Å²) in [6, 6.07) is 7.39. The minimum absolute atomic E-state index is 0.0630. The third-order valence-electron chi connectivity index (χ3n) is 7.82. The minimum atomic E-state index is -1.97. The molecular formula is C31H34O18. The van der Waals surface area contributed by atoms with Crippen molar-refractivity contribution in [3.05, 3.63) is 46.6 Å². The highest BCUT2D eigenvalue weighted by Gasteiger charge is 2.52. The Labute approximate surface area is 275 Å². The van der Waals surface area contributed by atoms with Crippen molar-refractivity contribution in [2.45, 2.75) is 75.3 Å². The molecule has 3 aromatic rings. The third kappa shape index (κ3) is 7.56. The zero-order valence-corrected chi connectivity index (χ0v) is 25.8. The normalized spacial score (nSPS) is 30.1. The topological polar surface area (TPSA) is 282 Å². The number of carbonyl (C=O) groups is 2. The van der Waals surface area contributed by atoms with Crippen LogP contribution in [0.15, 0.2) is 45.6 Å². The van der Waals surface area contributed by atoms with Gasteiger partial charge in [0, 0.05) is 31.5 Å². The van der Waals surface area contributed by atoms with Gasteiger partial charge in [-0.1, -0.05) is 0 Å². The monoisotopic (exact) mass is 694 g/mol. The number of phenols is 3. The molecule has 0 amide bonds. The molecule has 1 aromatic heterocycles. The molecule has 2 aromatic carbocycles. The first-order valence-electron chi connectivity index (χ1n) is 14.8. The second-order valence-corrected chi connectivity index (χ2v) is 11.3. The van der Waals surface area contributed by atoms with Crippen LogP contribution >= 0.6 is 0 Å². The average molecular weight is 695 g/mol. The maximum Gasteiger partial charge on any atom is 0.302 e. The van der Waals surface area contributed by atoms with Crippen molar-refractivity contribution in [1.82, 2.24) is 0 Å². The van der Waals surface area contributed by atoms with Gasteiger partial charge in [0.1, 0.15) is 78.6 Å². The number of benzene rings is 2. The molecule has 3 heterocycles. The maximum atomic E-state index is 13.0. The predicted molar refractivity (Wildman–Crippen MR) is 159 cm³/mol. The molecule has 0 unspecified atom stereocenters. The van der Waals surface area contributed by atoms with Gasteiger partial charge in [0.15, 0.2) is 29.2 Å². The second-order valence-electron chi connectivity index (χ2n) is 11.3. The summed E-state index contributed by atoms with van der Waals surface area (Å²) in [7, 11) is 0. The van der Waals surface area contributed by atoms with Gasteiger partial charge in [-0.25, -0.2) is 0 Å². The van der Waals surface area contributed by atoms with Crippen molar-refractivity contribution < 1.29 is 83.3 Å². The Morgan fingerprint density at radius 2 is 1.33 bits per heavy atom. The summed E-state index contributed by atoms with van der Waals surface area (Å²) in [4.78, 5) is 35.7. The van der Waals surface area contributed by atoms with E-state index in [1.807, 2.05) is 0 Å². The van der Waals surface area contributed by atoms with Crippen LogP contribution < -0.4 is 10.2 Å². The lowest BCUT2D eigenvalue weighted by atomic mass is 9.97. The lowest BCUT2D eigenvalue weighted by molar-refractivity contribution is -0.358. The lowest BCUT2D eigenvalue weighted by Gasteiger charge is -2.46. The fraction of sp³-hybridized carbons (Fsp3) is 0.452. The van der Waals surface area contributed by atoms with Gasteiger partial charge in [-0.15, -0.1) is 0 Å². The SMILES string of the molecule is CC(=O)OC[C@H]1O[C@@H](O[C@H]2[C@H](Oc3cc(O)c4c(=O)cc(-c5ccc(O)cc5)oc4c3O)O[C@H](COC(C)=O)[C@@H](O)[C@@H]2O)[C@H](O)[C@H](O)[C@@H]1O. The molecule has 2 aliphatic rings. The molecule has 2 fully saturated rings. The van der Waals surface area contributed by atoms with E-state index in [-0.39, 0.29) is 11.5 Å². The molecule has 18 nitrogen and oxygen atoms in total. The van der Waals surface area contributed by atoms with Crippen LogP contribution in [0, 0.1) is 0 Å². The van der Waals surface area contributed by atoms with E-state index in [2.05, 4.69) is 0 Å². The number of ether oxygens (including phenoxy) is 6.